The van der Waals surface area contributed by atoms with Crippen molar-refractivity contribution < 1.29 is 9.90 Å². The van der Waals surface area contributed by atoms with Gasteiger partial charge in [-0.1, -0.05) is 12.1 Å². The average molecular weight is 253 g/mol. The molecular formula is C14H11N3O2. The molecule has 0 fully saturated rings. The van der Waals surface area contributed by atoms with Crippen molar-refractivity contribution in [2.24, 2.45) is 0 Å². The Morgan fingerprint density at radius 2 is 1.95 bits per heavy atom. The Bertz CT molecular complexity index is 732. The molecule has 3 N–H and O–H groups in total. The van der Waals surface area contributed by atoms with Gasteiger partial charge in [0.15, 0.2) is 0 Å². The fourth-order valence-corrected chi connectivity index (χ4v) is 1.88. The monoisotopic (exact) mass is 253 g/mol. The number of aromatic hydroxyl groups is 1. The lowest BCUT2D eigenvalue weighted by Crippen LogP contribution is -2.11. The molecule has 0 aliphatic carbocycles. The predicted octanol–water partition coefficient (Wildman–Crippen LogP) is 2.52. The van der Waals surface area contributed by atoms with E-state index in [0.717, 1.165) is 10.9 Å². The first-order valence-electron chi connectivity index (χ1n) is 5.76. The zero-order chi connectivity index (χ0) is 13.2. The molecule has 3 rings (SSSR count). The summed E-state index contributed by atoms with van der Waals surface area (Å²) >= 11 is 0. The van der Waals surface area contributed by atoms with Crippen LogP contribution in [-0.2, 0) is 0 Å². The number of anilines is 1. The number of para-hydroxylation sites is 1. The standard InChI is InChI=1S/C14H11N3O2/c18-11-6-4-9(5-7-11)14(19)16-12-3-1-2-10-8-15-17-13(10)12/h1-8,18H,(H,15,17)(H,16,19). The molecule has 5 nitrogen and oxygen atoms in total. The quantitative estimate of drug-likeness (QED) is 0.656. The SMILES string of the molecule is O=C(Nc1cccc2cn[nH]c12)c1ccc(O)cc1. The van der Waals surface area contributed by atoms with Crippen molar-refractivity contribution in [1.82, 2.24) is 10.2 Å². The summed E-state index contributed by atoms with van der Waals surface area (Å²) in [5.74, 6) is -0.102. The fourth-order valence-electron chi connectivity index (χ4n) is 1.88. The number of phenols is 1. The van der Waals surface area contributed by atoms with E-state index in [-0.39, 0.29) is 11.7 Å². The first-order chi connectivity index (χ1) is 9.24. The number of aromatic nitrogens is 2. The summed E-state index contributed by atoms with van der Waals surface area (Å²) in [5.41, 5.74) is 1.94. The highest BCUT2D eigenvalue weighted by Crippen LogP contribution is 2.21. The maximum Gasteiger partial charge on any atom is 0.255 e. The highest BCUT2D eigenvalue weighted by molar-refractivity contribution is 6.08. The summed E-state index contributed by atoms with van der Waals surface area (Å²) in [6.07, 6.45) is 1.70. The van der Waals surface area contributed by atoms with Crippen LogP contribution < -0.4 is 5.32 Å². The number of carbonyl (C=O) groups excluding carboxylic acids is 1. The van der Waals surface area contributed by atoms with Crippen molar-refractivity contribution in [3.05, 3.63) is 54.2 Å². The summed E-state index contributed by atoms with van der Waals surface area (Å²) in [7, 11) is 0. The highest BCUT2D eigenvalue weighted by Gasteiger charge is 2.09. The fraction of sp³-hybridized carbons (Fsp3) is 0. The Labute approximate surface area is 108 Å². The van der Waals surface area contributed by atoms with Crippen molar-refractivity contribution in [2.45, 2.75) is 0 Å². The Hall–Kier alpha value is -2.82. The summed E-state index contributed by atoms with van der Waals surface area (Å²) < 4.78 is 0. The molecule has 3 aromatic rings. The molecular weight excluding hydrogens is 242 g/mol. The van der Waals surface area contributed by atoms with Crippen molar-refractivity contribution in [2.75, 3.05) is 5.32 Å². The molecule has 1 aromatic heterocycles. The molecule has 0 aliphatic heterocycles. The third-order valence-corrected chi connectivity index (χ3v) is 2.85. The third kappa shape index (κ3) is 2.13. The topological polar surface area (TPSA) is 78.0 Å². The molecule has 19 heavy (non-hydrogen) atoms. The number of fused-ring (bicyclic) bond motifs is 1. The molecule has 0 saturated heterocycles. The Morgan fingerprint density at radius 3 is 2.74 bits per heavy atom. The lowest BCUT2D eigenvalue weighted by atomic mass is 10.2. The van der Waals surface area contributed by atoms with E-state index < -0.39 is 0 Å². The molecule has 0 bridgehead atoms. The lowest BCUT2D eigenvalue weighted by molar-refractivity contribution is 0.102. The minimum absolute atomic E-state index is 0.132. The largest absolute Gasteiger partial charge is 0.508 e. The molecule has 2 aromatic carbocycles. The van der Waals surface area contributed by atoms with Gasteiger partial charge >= 0.3 is 0 Å². The van der Waals surface area contributed by atoms with Crippen LogP contribution in [-0.4, -0.2) is 21.2 Å². The van der Waals surface area contributed by atoms with Crippen molar-refractivity contribution in [3.8, 4) is 5.75 Å². The zero-order valence-electron chi connectivity index (χ0n) is 9.92. The van der Waals surface area contributed by atoms with Gasteiger partial charge in [-0.05, 0) is 30.3 Å². The van der Waals surface area contributed by atoms with Gasteiger partial charge in [0.05, 0.1) is 17.4 Å². The van der Waals surface area contributed by atoms with Crippen LogP contribution in [0.5, 0.6) is 5.75 Å². The molecule has 5 heteroatoms. The van der Waals surface area contributed by atoms with Gasteiger partial charge in [-0.15, -0.1) is 0 Å². The summed E-state index contributed by atoms with van der Waals surface area (Å²) in [6, 6.07) is 11.7. The molecule has 0 saturated carbocycles. The van der Waals surface area contributed by atoms with E-state index in [1.807, 2.05) is 12.1 Å². The van der Waals surface area contributed by atoms with Crippen LogP contribution in [0.3, 0.4) is 0 Å². The van der Waals surface area contributed by atoms with E-state index in [1.54, 1.807) is 24.4 Å². The Morgan fingerprint density at radius 1 is 1.16 bits per heavy atom. The molecule has 0 radical (unpaired) electrons. The van der Waals surface area contributed by atoms with Crippen LogP contribution in [0.1, 0.15) is 10.4 Å². The predicted molar refractivity (Wildman–Crippen MR) is 72.2 cm³/mol. The number of hydrogen-bond donors (Lipinski definition) is 3. The number of nitrogens with zero attached hydrogens (tertiary/aromatic N) is 1. The number of benzene rings is 2. The van der Waals surface area contributed by atoms with E-state index >= 15 is 0 Å². The van der Waals surface area contributed by atoms with Crippen LogP contribution >= 0.6 is 0 Å². The van der Waals surface area contributed by atoms with Gasteiger partial charge in [-0.2, -0.15) is 5.10 Å². The second-order valence-corrected chi connectivity index (χ2v) is 4.14. The van der Waals surface area contributed by atoms with E-state index in [4.69, 9.17) is 0 Å². The van der Waals surface area contributed by atoms with E-state index in [0.29, 0.717) is 11.3 Å². The zero-order valence-corrected chi connectivity index (χ0v) is 9.92. The van der Waals surface area contributed by atoms with E-state index in [2.05, 4.69) is 15.5 Å². The van der Waals surface area contributed by atoms with Gasteiger partial charge < -0.3 is 10.4 Å². The molecule has 1 amide bonds. The number of amides is 1. The van der Waals surface area contributed by atoms with Crippen LogP contribution in [0.15, 0.2) is 48.7 Å². The van der Waals surface area contributed by atoms with Crippen molar-refractivity contribution in [3.63, 3.8) is 0 Å². The normalized spacial score (nSPS) is 10.5. The number of hydrogen-bond acceptors (Lipinski definition) is 3. The maximum absolute atomic E-state index is 12.1. The van der Waals surface area contributed by atoms with Crippen molar-refractivity contribution >= 4 is 22.5 Å². The minimum Gasteiger partial charge on any atom is -0.508 e. The molecule has 0 aliphatic rings. The second kappa shape index (κ2) is 4.45. The number of carbonyl (C=O) groups is 1. The van der Waals surface area contributed by atoms with Gasteiger partial charge in [-0.3, -0.25) is 9.89 Å². The Balaban J connectivity index is 1.90. The summed E-state index contributed by atoms with van der Waals surface area (Å²) in [4.78, 5) is 12.1. The van der Waals surface area contributed by atoms with Gasteiger partial charge in [0.1, 0.15) is 5.75 Å². The number of aromatic amines is 1. The molecule has 0 atom stereocenters. The smallest absolute Gasteiger partial charge is 0.255 e. The van der Waals surface area contributed by atoms with Crippen LogP contribution in [0.4, 0.5) is 5.69 Å². The van der Waals surface area contributed by atoms with Gasteiger partial charge in [0.2, 0.25) is 0 Å². The van der Waals surface area contributed by atoms with Gasteiger partial charge in [-0.25, -0.2) is 0 Å². The lowest BCUT2D eigenvalue weighted by Gasteiger charge is -2.06. The van der Waals surface area contributed by atoms with E-state index in [9.17, 15) is 9.90 Å². The first kappa shape index (κ1) is 11.3. The number of phenolic OH excluding ortho intramolecular Hbond substituents is 1. The van der Waals surface area contributed by atoms with Crippen molar-refractivity contribution in [1.29, 1.82) is 0 Å². The Kier molecular flexibility index (Phi) is 2.64. The number of H-pyrrole nitrogens is 1. The van der Waals surface area contributed by atoms with Gasteiger partial charge in [0.25, 0.3) is 5.91 Å². The molecule has 94 valence electrons. The first-order valence-corrected chi connectivity index (χ1v) is 5.76. The minimum atomic E-state index is -0.234. The summed E-state index contributed by atoms with van der Waals surface area (Å²) in [6.45, 7) is 0. The van der Waals surface area contributed by atoms with Crippen LogP contribution in [0, 0.1) is 0 Å². The van der Waals surface area contributed by atoms with Crippen LogP contribution in [0.25, 0.3) is 10.9 Å². The van der Waals surface area contributed by atoms with E-state index in [1.165, 1.54) is 12.1 Å². The van der Waals surface area contributed by atoms with Gasteiger partial charge in [0, 0.05) is 10.9 Å². The van der Waals surface area contributed by atoms with Crippen LogP contribution in [0.2, 0.25) is 0 Å². The maximum atomic E-state index is 12.1. The molecule has 1 heterocycles. The number of rotatable bonds is 2. The average Bonchev–Trinajstić information content (AvgIpc) is 2.89. The number of nitrogens with one attached hydrogen (secondary N) is 2. The third-order valence-electron chi connectivity index (χ3n) is 2.85. The molecule has 0 unspecified atom stereocenters. The highest BCUT2D eigenvalue weighted by atomic mass is 16.3. The summed E-state index contributed by atoms with van der Waals surface area (Å²) in [5, 5.41) is 19.7. The second-order valence-electron chi connectivity index (χ2n) is 4.14. The molecule has 0 spiro atoms.